The van der Waals surface area contributed by atoms with Crippen LogP contribution in [0.15, 0.2) is 41.3 Å². The average molecular weight is 408 g/mol. The fourth-order valence-electron chi connectivity index (χ4n) is 2.38. The number of hydrogen-bond acceptors (Lipinski definition) is 6. The Morgan fingerprint density at radius 1 is 1.07 bits per heavy atom. The van der Waals surface area contributed by atoms with Gasteiger partial charge < -0.3 is 14.2 Å². The van der Waals surface area contributed by atoms with E-state index in [9.17, 15) is 13.7 Å². The summed E-state index contributed by atoms with van der Waals surface area (Å²) in [4.78, 5) is -0.404. The van der Waals surface area contributed by atoms with Gasteiger partial charge in [0.1, 0.15) is 28.2 Å². The van der Waals surface area contributed by atoms with E-state index < -0.39 is 14.7 Å². The normalized spacial score (nSPS) is 11.6. The second kappa shape index (κ2) is 8.80. The summed E-state index contributed by atoms with van der Waals surface area (Å²) in [6.45, 7) is 0. The maximum Gasteiger partial charge on any atom is 0.192 e. The Morgan fingerprint density at radius 2 is 1.63 bits per heavy atom. The molecule has 8 heteroatoms. The Morgan fingerprint density at radius 3 is 2.07 bits per heavy atom. The van der Waals surface area contributed by atoms with Crippen molar-refractivity contribution in [2.45, 2.75) is 5.75 Å². The molecule has 0 aliphatic rings. The summed E-state index contributed by atoms with van der Waals surface area (Å²) in [6.07, 6.45) is 1.24. The monoisotopic (exact) mass is 407 g/mol. The molecule has 0 saturated carbocycles. The molecule has 0 spiro atoms. The number of sulfone groups is 1. The third-order valence-electron chi connectivity index (χ3n) is 3.74. The molecule has 142 valence electrons. The van der Waals surface area contributed by atoms with Crippen molar-refractivity contribution in [1.82, 2.24) is 0 Å². The van der Waals surface area contributed by atoms with E-state index in [-0.39, 0.29) is 5.75 Å². The van der Waals surface area contributed by atoms with Crippen molar-refractivity contribution in [3.05, 3.63) is 57.5 Å². The number of methoxy groups -OCH3 is 3. The van der Waals surface area contributed by atoms with E-state index in [4.69, 9.17) is 25.8 Å². The smallest absolute Gasteiger partial charge is 0.192 e. The molecule has 0 aliphatic heterocycles. The van der Waals surface area contributed by atoms with Gasteiger partial charge in [0.25, 0.3) is 0 Å². The van der Waals surface area contributed by atoms with Gasteiger partial charge in [0.15, 0.2) is 9.84 Å². The molecule has 27 heavy (non-hydrogen) atoms. The van der Waals surface area contributed by atoms with Crippen molar-refractivity contribution in [3.63, 3.8) is 0 Å². The molecule has 2 aromatic carbocycles. The average Bonchev–Trinajstić information content (AvgIpc) is 2.66. The van der Waals surface area contributed by atoms with Gasteiger partial charge in [0.2, 0.25) is 0 Å². The van der Waals surface area contributed by atoms with Crippen LogP contribution in [0.1, 0.15) is 11.1 Å². The predicted octanol–water partition coefficient (Wildman–Crippen LogP) is 3.85. The van der Waals surface area contributed by atoms with E-state index in [0.717, 1.165) is 0 Å². The lowest BCUT2D eigenvalue weighted by molar-refractivity contribution is 0.374. The SMILES string of the molecule is COc1cc(OC)c(/C=C(/C#N)S(=O)(=O)Cc2ccc(Cl)cc2)c(OC)c1. The molecule has 0 atom stereocenters. The van der Waals surface area contributed by atoms with Crippen molar-refractivity contribution in [1.29, 1.82) is 5.26 Å². The zero-order chi connectivity index (χ0) is 20.0. The minimum absolute atomic E-state index is 0.320. The molecule has 0 heterocycles. The fraction of sp³-hybridized carbons (Fsp3) is 0.211. The van der Waals surface area contributed by atoms with Gasteiger partial charge in [-0.3, -0.25) is 0 Å². The largest absolute Gasteiger partial charge is 0.496 e. The van der Waals surface area contributed by atoms with Crippen LogP contribution in [0.4, 0.5) is 0 Å². The second-order valence-electron chi connectivity index (χ2n) is 5.45. The summed E-state index contributed by atoms with van der Waals surface area (Å²) in [5.74, 6) is 0.786. The first kappa shape index (κ1) is 20.6. The molecule has 0 N–H and O–H groups in total. The lowest BCUT2D eigenvalue weighted by Crippen LogP contribution is -2.07. The lowest BCUT2D eigenvalue weighted by Gasteiger charge is -2.13. The summed E-state index contributed by atoms with van der Waals surface area (Å²) in [5.41, 5.74) is 0.853. The van der Waals surface area contributed by atoms with Crippen molar-refractivity contribution in [3.8, 4) is 23.3 Å². The number of nitriles is 1. The third-order valence-corrected chi connectivity index (χ3v) is 5.59. The van der Waals surface area contributed by atoms with Crippen molar-refractivity contribution in [2.24, 2.45) is 0 Å². The Kier molecular flexibility index (Phi) is 6.72. The van der Waals surface area contributed by atoms with Crippen LogP contribution in [0.3, 0.4) is 0 Å². The van der Waals surface area contributed by atoms with Crippen molar-refractivity contribution >= 4 is 27.5 Å². The van der Waals surface area contributed by atoms with Crippen molar-refractivity contribution in [2.75, 3.05) is 21.3 Å². The number of halogens is 1. The van der Waals surface area contributed by atoms with Crippen LogP contribution in [-0.2, 0) is 15.6 Å². The number of hydrogen-bond donors (Lipinski definition) is 0. The molecule has 0 fully saturated rings. The van der Waals surface area contributed by atoms with Crippen LogP contribution in [0.5, 0.6) is 17.2 Å². The fourth-order valence-corrected chi connectivity index (χ4v) is 3.72. The number of benzene rings is 2. The summed E-state index contributed by atoms with van der Waals surface area (Å²) in [5, 5.41) is 9.95. The number of nitrogens with zero attached hydrogens (tertiary/aromatic N) is 1. The summed E-state index contributed by atoms with van der Waals surface area (Å²) < 4.78 is 41.2. The van der Waals surface area contributed by atoms with E-state index in [2.05, 4.69) is 0 Å². The van der Waals surface area contributed by atoms with Gasteiger partial charge in [-0.1, -0.05) is 23.7 Å². The van der Waals surface area contributed by atoms with Gasteiger partial charge >= 0.3 is 0 Å². The van der Waals surface area contributed by atoms with Crippen LogP contribution in [0.25, 0.3) is 6.08 Å². The summed E-state index contributed by atoms with van der Waals surface area (Å²) in [7, 11) is 0.460. The maximum atomic E-state index is 12.7. The highest BCUT2D eigenvalue weighted by atomic mass is 35.5. The zero-order valence-electron chi connectivity index (χ0n) is 15.0. The number of allylic oxidation sites excluding steroid dienone is 1. The Bertz CT molecular complexity index is 967. The van der Waals surface area contributed by atoms with Crippen LogP contribution in [-0.4, -0.2) is 29.7 Å². The highest BCUT2D eigenvalue weighted by Crippen LogP contribution is 2.36. The zero-order valence-corrected chi connectivity index (χ0v) is 16.6. The summed E-state index contributed by atoms with van der Waals surface area (Å²) >= 11 is 5.82. The Balaban J connectivity index is 2.51. The minimum atomic E-state index is -3.89. The van der Waals surface area contributed by atoms with Crippen LogP contribution < -0.4 is 14.2 Å². The second-order valence-corrected chi connectivity index (χ2v) is 7.85. The van der Waals surface area contributed by atoms with E-state index in [1.54, 1.807) is 42.5 Å². The van der Waals surface area contributed by atoms with E-state index in [0.29, 0.717) is 33.4 Å². The molecular formula is C19H18ClNO5S. The van der Waals surface area contributed by atoms with Crippen LogP contribution in [0.2, 0.25) is 5.02 Å². The first-order valence-electron chi connectivity index (χ1n) is 7.73. The molecule has 0 amide bonds. The molecule has 0 radical (unpaired) electrons. The van der Waals surface area contributed by atoms with Crippen molar-refractivity contribution < 1.29 is 22.6 Å². The number of ether oxygens (including phenoxy) is 3. The summed E-state index contributed by atoms with van der Waals surface area (Å²) in [6, 6.07) is 11.3. The molecule has 0 unspecified atom stereocenters. The first-order chi connectivity index (χ1) is 12.8. The van der Waals surface area contributed by atoms with Crippen LogP contribution >= 0.6 is 11.6 Å². The van der Waals surface area contributed by atoms with E-state index in [1.165, 1.54) is 27.4 Å². The van der Waals surface area contributed by atoms with Gasteiger partial charge in [-0.15, -0.1) is 0 Å². The highest BCUT2D eigenvalue weighted by molar-refractivity contribution is 7.95. The quantitative estimate of drug-likeness (QED) is 0.648. The molecule has 0 saturated heterocycles. The van der Waals surface area contributed by atoms with Gasteiger partial charge in [-0.2, -0.15) is 5.26 Å². The van der Waals surface area contributed by atoms with E-state index in [1.807, 2.05) is 0 Å². The van der Waals surface area contributed by atoms with Crippen LogP contribution in [0, 0.1) is 11.3 Å². The molecular weight excluding hydrogens is 390 g/mol. The third kappa shape index (κ3) is 4.94. The van der Waals surface area contributed by atoms with E-state index >= 15 is 0 Å². The molecule has 6 nitrogen and oxygen atoms in total. The van der Waals surface area contributed by atoms with Gasteiger partial charge in [0, 0.05) is 17.2 Å². The predicted molar refractivity (Wildman–Crippen MR) is 104 cm³/mol. The molecule has 0 aromatic heterocycles. The Labute approximate surface area is 163 Å². The molecule has 0 bridgehead atoms. The van der Waals surface area contributed by atoms with Gasteiger partial charge in [-0.25, -0.2) is 8.42 Å². The number of rotatable bonds is 7. The topological polar surface area (TPSA) is 85.6 Å². The highest BCUT2D eigenvalue weighted by Gasteiger charge is 2.21. The van der Waals surface area contributed by atoms with Gasteiger partial charge in [0.05, 0.1) is 32.6 Å². The first-order valence-corrected chi connectivity index (χ1v) is 9.76. The molecule has 2 aromatic rings. The standard InChI is InChI=1S/C19H18ClNO5S/c1-24-15-8-18(25-2)17(19(9-15)26-3)10-16(11-21)27(22,23)12-13-4-6-14(20)7-5-13/h4-10H,12H2,1-3H3/b16-10-. The lowest BCUT2D eigenvalue weighted by atomic mass is 10.1. The molecule has 0 aliphatic carbocycles. The maximum absolute atomic E-state index is 12.7. The molecule has 2 rings (SSSR count). The van der Waals surface area contributed by atoms with Gasteiger partial charge in [-0.05, 0) is 23.8 Å². The Hall–Kier alpha value is -2.69. The minimum Gasteiger partial charge on any atom is -0.496 e.